The van der Waals surface area contributed by atoms with E-state index in [1.165, 1.54) is 13.5 Å². The smallest absolute Gasteiger partial charge is 0 e. The molecule has 0 bridgehead atoms. The van der Waals surface area contributed by atoms with Crippen LogP contribution in [0, 0.1) is 0 Å². The molecule has 0 saturated heterocycles. The van der Waals surface area contributed by atoms with E-state index >= 15 is 0 Å². The van der Waals surface area contributed by atoms with Crippen LogP contribution < -0.4 is 5.32 Å². The van der Waals surface area contributed by atoms with E-state index in [9.17, 15) is 0 Å². The monoisotopic (exact) mass is 331 g/mol. The topological polar surface area (TPSA) is 29.1 Å². The maximum Gasteiger partial charge on any atom is 0 e. The van der Waals surface area contributed by atoms with E-state index in [2.05, 4.69) is 5.32 Å². The predicted molar refractivity (Wildman–Crippen MR) is 14.8 cm³/mol. The van der Waals surface area contributed by atoms with Crippen LogP contribution in [0.3, 0.4) is 0 Å². The van der Waals surface area contributed by atoms with E-state index in [1.807, 2.05) is 0 Å². The van der Waals surface area contributed by atoms with Gasteiger partial charge in [0.05, 0.1) is 0 Å². The minimum Gasteiger partial charge on any atom is -0.532 e. The Morgan fingerprint density at radius 1 is 1.67 bits per heavy atom. The zero-order valence-corrected chi connectivity index (χ0v) is 9.17. The van der Waals surface area contributed by atoms with Gasteiger partial charge in [-0.25, -0.2) is 0 Å². The molecule has 1 N–H and O–H groups in total. The van der Waals surface area contributed by atoms with Gasteiger partial charge in [-0.3, -0.25) is 0 Å². The van der Waals surface area contributed by atoms with Gasteiger partial charge in [-0.2, -0.15) is 6.41 Å². The second kappa shape index (κ2) is 16.3. The molecule has 0 aromatic rings. The summed E-state index contributed by atoms with van der Waals surface area (Å²) >= 11 is 0. The molecule has 1 radical (unpaired) electrons. The summed E-state index contributed by atoms with van der Waals surface area (Å²) in [5.41, 5.74) is 0. The normalized spacial score (nSPS) is 3.50. The van der Waals surface area contributed by atoms with E-state index in [4.69, 9.17) is 4.79 Å². The average molecular weight is 331 g/mol. The molecule has 0 aromatic heterocycles. The maximum absolute atomic E-state index is 8.94. The maximum atomic E-state index is 8.94. The molecule has 0 aliphatic rings. The second-order valence-corrected chi connectivity index (χ2v) is 0.352. The summed E-state index contributed by atoms with van der Waals surface area (Å²) in [5, 5.41) is 2.12. The zero-order valence-electron chi connectivity index (χ0n) is 3.39. The third kappa shape index (κ3) is 18.7. The number of hydrogen-bond acceptors (Lipinski definition) is 1. The number of carbonyl (C=O) groups excluding carboxylic acids is 1. The molecule has 2 nitrogen and oxygen atoms in total. The summed E-state index contributed by atoms with van der Waals surface area (Å²) < 4.78 is 0. The van der Waals surface area contributed by atoms with Crippen molar-refractivity contribution in [3.63, 3.8) is 0 Å². The summed E-state index contributed by atoms with van der Waals surface area (Å²) in [7, 11) is 1.51. The van der Waals surface area contributed by atoms with Crippen LogP contribution >= 0.6 is 0 Å². The van der Waals surface area contributed by atoms with Crippen molar-refractivity contribution in [2.75, 3.05) is 7.05 Å². The first-order valence-corrected chi connectivity index (χ1v) is 0.954. The first kappa shape index (κ1) is 15.7. The van der Waals surface area contributed by atoms with Crippen LogP contribution in [0.25, 0.3) is 0 Å². The molecule has 1 amide bonds. The van der Waals surface area contributed by atoms with E-state index < -0.39 is 0 Å². The summed E-state index contributed by atoms with van der Waals surface area (Å²) in [5.74, 6) is 0. The molecule has 33 valence electrons. The van der Waals surface area contributed by atoms with Gasteiger partial charge < -0.3 is 10.1 Å². The molecule has 0 rings (SSSR count). The quantitative estimate of drug-likeness (QED) is 0.498. The Morgan fingerprint density at radius 2 is 1.83 bits per heavy atom. The van der Waals surface area contributed by atoms with Gasteiger partial charge in [0.1, 0.15) is 0 Å². The van der Waals surface area contributed by atoms with Gasteiger partial charge in [0.2, 0.25) is 0 Å². The standard InChI is InChI=1S/C2H4NO.W.Y/c1-3-2-4;;/h1H3,(H,3,4);;/q-1;;. The molecular formula is C2H4NOWY-. The van der Waals surface area contributed by atoms with Crippen molar-refractivity contribution in [1.82, 2.24) is 5.32 Å². The van der Waals surface area contributed by atoms with E-state index in [1.54, 1.807) is 0 Å². The Hall–Kier alpha value is 1.26. The molecule has 0 atom stereocenters. The summed E-state index contributed by atoms with van der Waals surface area (Å²) in [6, 6.07) is 0. The molecule has 0 aromatic carbocycles. The van der Waals surface area contributed by atoms with Gasteiger partial charge in [0.25, 0.3) is 0 Å². The van der Waals surface area contributed by atoms with Gasteiger partial charge in [0, 0.05) is 53.8 Å². The SMILES string of the molecule is CN[C-]=O.[W].[Y]. The Morgan fingerprint density at radius 3 is 1.83 bits per heavy atom. The van der Waals surface area contributed by atoms with Crippen LogP contribution in [0.1, 0.15) is 0 Å². The number of hydrogen-bond donors (Lipinski definition) is 1. The van der Waals surface area contributed by atoms with Crippen LogP contribution in [-0.2, 0) is 58.6 Å². The van der Waals surface area contributed by atoms with Crippen LogP contribution in [0.15, 0.2) is 0 Å². The fourth-order valence-corrected chi connectivity index (χ4v) is 0. The predicted octanol–water partition coefficient (Wildman–Crippen LogP) is -0.732. The Bertz CT molecular complexity index is 27.5. The van der Waals surface area contributed by atoms with Crippen molar-refractivity contribution in [2.24, 2.45) is 0 Å². The van der Waals surface area contributed by atoms with Crippen LogP contribution in [0.2, 0.25) is 0 Å². The summed E-state index contributed by atoms with van der Waals surface area (Å²) in [6.45, 7) is 0. The van der Waals surface area contributed by atoms with E-state index in [0.717, 1.165) is 0 Å². The van der Waals surface area contributed by atoms with E-state index in [0.29, 0.717) is 0 Å². The molecule has 0 aliphatic heterocycles. The molecular weight excluding hydrogens is 327 g/mol. The largest absolute Gasteiger partial charge is 0.532 e. The van der Waals surface area contributed by atoms with E-state index in [-0.39, 0.29) is 53.8 Å². The Kier molecular flexibility index (Phi) is 42.6. The number of nitrogens with one attached hydrogen (secondary N) is 1. The van der Waals surface area contributed by atoms with Crippen molar-refractivity contribution in [2.45, 2.75) is 0 Å². The minimum absolute atomic E-state index is 0. The van der Waals surface area contributed by atoms with Crippen molar-refractivity contribution >= 4 is 6.41 Å². The molecule has 6 heavy (non-hydrogen) atoms. The molecule has 0 saturated carbocycles. The Balaban J connectivity index is -0.0000000450. The van der Waals surface area contributed by atoms with Crippen LogP contribution in [0.4, 0.5) is 0 Å². The first-order chi connectivity index (χ1) is 1.91. The fraction of sp³-hybridized carbons (Fsp3) is 0.500. The minimum atomic E-state index is 0. The number of amides is 1. The van der Waals surface area contributed by atoms with Crippen molar-refractivity contribution in [1.29, 1.82) is 0 Å². The molecule has 4 heteroatoms. The molecule has 0 unspecified atom stereocenters. The summed E-state index contributed by atoms with van der Waals surface area (Å²) in [6.07, 6.45) is 1.43. The number of rotatable bonds is 1. The van der Waals surface area contributed by atoms with Crippen LogP contribution in [0.5, 0.6) is 0 Å². The molecule has 0 spiro atoms. The van der Waals surface area contributed by atoms with Crippen molar-refractivity contribution in [3.05, 3.63) is 0 Å². The Labute approximate surface area is 76.6 Å². The van der Waals surface area contributed by atoms with Crippen molar-refractivity contribution in [3.8, 4) is 0 Å². The molecule has 0 fully saturated rings. The van der Waals surface area contributed by atoms with Crippen molar-refractivity contribution < 1.29 is 58.6 Å². The van der Waals surface area contributed by atoms with Crippen LogP contribution in [-0.4, -0.2) is 13.5 Å². The zero-order chi connectivity index (χ0) is 3.41. The average Bonchev–Trinajstić information content (AvgIpc) is 1.37. The van der Waals surface area contributed by atoms with Gasteiger partial charge >= 0.3 is 0 Å². The third-order valence-corrected chi connectivity index (χ3v) is 0.102. The van der Waals surface area contributed by atoms with Gasteiger partial charge in [0.15, 0.2) is 0 Å². The van der Waals surface area contributed by atoms with Gasteiger partial charge in [-0.15, -0.1) is 0 Å². The second-order valence-electron chi connectivity index (χ2n) is 0.352. The summed E-state index contributed by atoms with van der Waals surface area (Å²) in [4.78, 5) is 8.94. The van der Waals surface area contributed by atoms with Gasteiger partial charge in [-0.1, -0.05) is 0 Å². The third-order valence-electron chi connectivity index (χ3n) is 0.102. The van der Waals surface area contributed by atoms with Gasteiger partial charge in [-0.05, 0) is 7.05 Å². The molecule has 0 heterocycles. The first-order valence-electron chi connectivity index (χ1n) is 0.954. The fourth-order valence-electron chi connectivity index (χ4n) is 0. The molecule has 0 aliphatic carbocycles.